The summed E-state index contributed by atoms with van der Waals surface area (Å²) in [5, 5.41) is -0.288. The van der Waals surface area contributed by atoms with Gasteiger partial charge >= 0.3 is 0 Å². The van der Waals surface area contributed by atoms with Crippen molar-refractivity contribution in [2.45, 2.75) is 45.1 Å². The van der Waals surface area contributed by atoms with Crippen LogP contribution in [0.25, 0.3) is 0 Å². The first-order chi connectivity index (χ1) is 6.61. The lowest BCUT2D eigenvalue weighted by Crippen LogP contribution is -2.40. The summed E-state index contributed by atoms with van der Waals surface area (Å²) < 4.78 is 24.9. The molecule has 1 rings (SSSR count). The van der Waals surface area contributed by atoms with Crippen LogP contribution in [0.4, 0.5) is 0 Å². The van der Waals surface area contributed by atoms with Crippen molar-refractivity contribution >= 4 is 21.6 Å². The molecular formula is C9H18ClNO2S. The van der Waals surface area contributed by atoms with Gasteiger partial charge < -0.3 is 0 Å². The van der Waals surface area contributed by atoms with Crippen molar-refractivity contribution in [1.82, 2.24) is 4.31 Å². The molecule has 0 radical (unpaired) electrons. The SMILES string of the molecule is CCC1CCCCCN1S(=O)(=O)CCl. The van der Waals surface area contributed by atoms with E-state index in [9.17, 15) is 8.42 Å². The van der Waals surface area contributed by atoms with E-state index < -0.39 is 10.0 Å². The fourth-order valence-corrected chi connectivity index (χ4v) is 3.60. The van der Waals surface area contributed by atoms with Gasteiger partial charge in [-0.2, -0.15) is 4.31 Å². The fourth-order valence-electron chi connectivity index (χ4n) is 1.99. The molecule has 0 spiro atoms. The predicted octanol–water partition coefficient (Wildman–Crippen LogP) is 2.17. The Morgan fingerprint density at radius 1 is 1.36 bits per heavy atom. The zero-order chi connectivity index (χ0) is 10.6. The van der Waals surface area contributed by atoms with Crippen LogP contribution in [0.1, 0.15) is 39.0 Å². The minimum atomic E-state index is -3.21. The molecule has 0 aromatic rings. The number of halogens is 1. The minimum Gasteiger partial charge on any atom is -0.211 e. The van der Waals surface area contributed by atoms with E-state index in [4.69, 9.17) is 11.6 Å². The number of nitrogens with zero attached hydrogens (tertiary/aromatic N) is 1. The van der Waals surface area contributed by atoms with E-state index in [-0.39, 0.29) is 11.3 Å². The van der Waals surface area contributed by atoms with Crippen LogP contribution < -0.4 is 0 Å². The molecule has 1 aliphatic heterocycles. The molecule has 0 saturated carbocycles. The fraction of sp³-hybridized carbons (Fsp3) is 1.00. The lowest BCUT2D eigenvalue weighted by atomic mass is 10.1. The van der Waals surface area contributed by atoms with Crippen LogP contribution in [-0.2, 0) is 10.0 Å². The minimum absolute atomic E-state index is 0.168. The molecule has 1 fully saturated rings. The molecular weight excluding hydrogens is 222 g/mol. The number of alkyl halides is 1. The van der Waals surface area contributed by atoms with Crippen molar-refractivity contribution in [3.63, 3.8) is 0 Å². The van der Waals surface area contributed by atoms with Gasteiger partial charge in [0.15, 0.2) is 0 Å². The van der Waals surface area contributed by atoms with Gasteiger partial charge in [-0.3, -0.25) is 0 Å². The Hall–Kier alpha value is 0.200. The average Bonchev–Trinajstić information content (AvgIpc) is 2.42. The van der Waals surface area contributed by atoms with Crippen molar-refractivity contribution in [2.75, 3.05) is 11.8 Å². The molecule has 5 heteroatoms. The molecule has 14 heavy (non-hydrogen) atoms. The zero-order valence-electron chi connectivity index (χ0n) is 8.58. The highest BCUT2D eigenvalue weighted by molar-refractivity contribution is 7.90. The Balaban J connectivity index is 2.80. The second kappa shape index (κ2) is 5.33. The smallest absolute Gasteiger partial charge is 0.211 e. The van der Waals surface area contributed by atoms with E-state index in [1.165, 1.54) is 0 Å². The summed E-state index contributed by atoms with van der Waals surface area (Å²) >= 11 is 5.47. The van der Waals surface area contributed by atoms with Gasteiger partial charge in [0.25, 0.3) is 0 Å². The Bertz CT molecular complexity index is 266. The molecule has 1 heterocycles. The summed E-state index contributed by atoms with van der Waals surface area (Å²) in [5.41, 5.74) is 0. The van der Waals surface area contributed by atoms with Gasteiger partial charge in [-0.05, 0) is 19.3 Å². The van der Waals surface area contributed by atoms with Crippen molar-refractivity contribution in [3.8, 4) is 0 Å². The Morgan fingerprint density at radius 2 is 2.07 bits per heavy atom. The number of hydrogen-bond acceptors (Lipinski definition) is 2. The Kier molecular flexibility index (Phi) is 4.67. The maximum absolute atomic E-state index is 11.7. The van der Waals surface area contributed by atoms with E-state index in [0.717, 1.165) is 32.1 Å². The molecule has 0 amide bonds. The van der Waals surface area contributed by atoms with Crippen molar-refractivity contribution in [3.05, 3.63) is 0 Å². The highest BCUT2D eigenvalue weighted by Gasteiger charge is 2.28. The van der Waals surface area contributed by atoms with Crippen LogP contribution >= 0.6 is 11.6 Å². The van der Waals surface area contributed by atoms with Crippen LogP contribution in [-0.4, -0.2) is 30.5 Å². The predicted molar refractivity (Wildman–Crippen MR) is 58.9 cm³/mol. The third-order valence-electron chi connectivity index (χ3n) is 2.79. The highest BCUT2D eigenvalue weighted by Crippen LogP contribution is 2.22. The monoisotopic (exact) mass is 239 g/mol. The third kappa shape index (κ3) is 2.84. The molecule has 84 valence electrons. The van der Waals surface area contributed by atoms with E-state index in [1.807, 2.05) is 6.92 Å². The molecule has 0 aromatic carbocycles. The van der Waals surface area contributed by atoms with Gasteiger partial charge in [0, 0.05) is 12.6 Å². The molecule has 0 N–H and O–H groups in total. The topological polar surface area (TPSA) is 37.4 Å². The maximum atomic E-state index is 11.7. The van der Waals surface area contributed by atoms with Crippen LogP contribution in [0.15, 0.2) is 0 Å². The second-order valence-electron chi connectivity index (χ2n) is 3.74. The standard InChI is InChI=1S/C9H18ClNO2S/c1-2-9-6-4-3-5-7-11(9)14(12,13)8-10/h9H,2-8H2,1H3. The van der Waals surface area contributed by atoms with Gasteiger partial charge in [0.1, 0.15) is 5.21 Å². The van der Waals surface area contributed by atoms with Gasteiger partial charge in [-0.15, -0.1) is 11.6 Å². The summed E-state index contributed by atoms with van der Waals surface area (Å²) in [6.07, 6.45) is 5.09. The molecule has 0 bridgehead atoms. The summed E-state index contributed by atoms with van der Waals surface area (Å²) in [7, 11) is -3.21. The molecule has 0 aliphatic carbocycles. The van der Waals surface area contributed by atoms with Crippen molar-refractivity contribution in [1.29, 1.82) is 0 Å². The molecule has 1 unspecified atom stereocenters. The van der Waals surface area contributed by atoms with Gasteiger partial charge in [0.2, 0.25) is 10.0 Å². The Morgan fingerprint density at radius 3 is 2.64 bits per heavy atom. The first-order valence-electron chi connectivity index (χ1n) is 5.17. The first-order valence-corrected chi connectivity index (χ1v) is 7.31. The van der Waals surface area contributed by atoms with E-state index in [0.29, 0.717) is 6.54 Å². The molecule has 1 saturated heterocycles. The summed E-state index contributed by atoms with van der Waals surface area (Å²) in [4.78, 5) is 0. The van der Waals surface area contributed by atoms with Crippen LogP contribution in [0, 0.1) is 0 Å². The van der Waals surface area contributed by atoms with Crippen LogP contribution in [0.5, 0.6) is 0 Å². The van der Waals surface area contributed by atoms with Crippen molar-refractivity contribution < 1.29 is 8.42 Å². The lowest BCUT2D eigenvalue weighted by molar-refractivity contribution is 0.317. The highest BCUT2D eigenvalue weighted by atomic mass is 35.5. The van der Waals surface area contributed by atoms with Crippen LogP contribution in [0.2, 0.25) is 0 Å². The van der Waals surface area contributed by atoms with Gasteiger partial charge in [0.05, 0.1) is 0 Å². The molecule has 3 nitrogen and oxygen atoms in total. The molecule has 1 atom stereocenters. The number of rotatable bonds is 3. The Labute approximate surface area is 91.5 Å². The first kappa shape index (κ1) is 12.3. The normalized spacial score (nSPS) is 26.0. The van der Waals surface area contributed by atoms with Crippen molar-refractivity contribution in [2.24, 2.45) is 0 Å². The van der Waals surface area contributed by atoms with E-state index in [1.54, 1.807) is 4.31 Å². The number of sulfonamides is 1. The third-order valence-corrected chi connectivity index (χ3v) is 5.09. The molecule has 1 aliphatic rings. The van der Waals surface area contributed by atoms with Gasteiger partial charge in [-0.25, -0.2) is 8.42 Å². The van der Waals surface area contributed by atoms with Crippen LogP contribution in [0.3, 0.4) is 0 Å². The summed E-state index contributed by atoms with van der Waals surface area (Å²) in [5.74, 6) is 0. The van der Waals surface area contributed by atoms with Gasteiger partial charge in [-0.1, -0.05) is 19.8 Å². The molecule has 0 aromatic heterocycles. The number of hydrogen-bond donors (Lipinski definition) is 0. The van der Waals surface area contributed by atoms with E-state index in [2.05, 4.69) is 0 Å². The summed E-state index contributed by atoms with van der Waals surface area (Å²) in [6, 6.07) is 0.168. The summed E-state index contributed by atoms with van der Waals surface area (Å²) in [6.45, 7) is 2.68. The quantitative estimate of drug-likeness (QED) is 0.708. The zero-order valence-corrected chi connectivity index (χ0v) is 10.1. The maximum Gasteiger partial charge on any atom is 0.228 e. The van der Waals surface area contributed by atoms with E-state index >= 15 is 0 Å². The largest absolute Gasteiger partial charge is 0.228 e. The lowest BCUT2D eigenvalue weighted by Gasteiger charge is -2.27. The average molecular weight is 240 g/mol. The second-order valence-corrected chi connectivity index (χ2v) is 6.25.